The minimum Gasteiger partial charge on any atom is -0.481 e. The number of aliphatic carboxylic acids is 1. The van der Waals surface area contributed by atoms with Crippen molar-refractivity contribution in [3.8, 4) is 0 Å². The van der Waals surface area contributed by atoms with E-state index >= 15 is 0 Å². The fraction of sp³-hybridized carbons (Fsp3) is 0.500. The molecule has 0 saturated carbocycles. The molecule has 0 aromatic heterocycles. The fourth-order valence-electron chi connectivity index (χ4n) is 1.89. The maximum atomic E-state index is 12.9. The Labute approximate surface area is 117 Å². The molecule has 3 nitrogen and oxygen atoms in total. The van der Waals surface area contributed by atoms with Gasteiger partial charge in [0, 0.05) is 18.1 Å². The molecule has 0 radical (unpaired) electrons. The Balaban J connectivity index is 2.49. The number of carboxylic acids is 1. The summed E-state index contributed by atoms with van der Waals surface area (Å²) in [6.07, 6.45) is 0.624. The zero-order valence-corrected chi connectivity index (χ0v) is 11.9. The van der Waals surface area contributed by atoms with Gasteiger partial charge in [0.1, 0.15) is 5.82 Å². The van der Waals surface area contributed by atoms with Gasteiger partial charge < -0.3 is 10.4 Å². The van der Waals surface area contributed by atoms with Crippen LogP contribution in [0.4, 0.5) is 4.39 Å². The van der Waals surface area contributed by atoms with Crippen LogP contribution in [0.25, 0.3) is 0 Å². The highest BCUT2D eigenvalue weighted by Gasteiger charge is 2.18. The Morgan fingerprint density at radius 2 is 2.16 bits per heavy atom. The van der Waals surface area contributed by atoms with Gasteiger partial charge in [-0.15, -0.1) is 0 Å². The van der Waals surface area contributed by atoms with Crippen LogP contribution in [0.15, 0.2) is 18.2 Å². The molecule has 106 valence electrons. The summed E-state index contributed by atoms with van der Waals surface area (Å²) in [5.74, 6) is -1.26. The molecule has 0 saturated heterocycles. The van der Waals surface area contributed by atoms with Crippen molar-refractivity contribution in [2.45, 2.75) is 26.8 Å². The molecule has 0 aliphatic heterocycles. The van der Waals surface area contributed by atoms with Crippen LogP contribution in [-0.2, 0) is 11.3 Å². The fourth-order valence-corrected chi connectivity index (χ4v) is 2.12. The Morgan fingerprint density at radius 3 is 2.68 bits per heavy atom. The third-order valence-corrected chi connectivity index (χ3v) is 3.18. The third kappa shape index (κ3) is 5.57. The Bertz CT molecular complexity index is 437. The van der Waals surface area contributed by atoms with E-state index < -0.39 is 11.9 Å². The Hall–Kier alpha value is -1.13. The molecule has 1 unspecified atom stereocenters. The van der Waals surface area contributed by atoms with Crippen molar-refractivity contribution in [2.75, 3.05) is 6.54 Å². The number of benzene rings is 1. The van der Waals surface area contributed by atoms with E-state index in [-0.39, 0.29) is 5.82 Å². The average molecular weight is 288 g/mol. The van der Waals surface area contributed by atoms with E-state index in [0.717, 1.165) is 5.56 Å². The largest absolute Gasteiger partial charge is 0.481 e. The molecule has 0 amide bonds. The second kappa shape index (κ2) is 7.46. The van der Waals surface area contributed by atoms with Crippen LogP contribution < -0.4 is 5.32 Å². The van der Waals surface area contributed by atoms with Crippen LogP contribution in [0.1, 0.15) is 25.8 Å². The average Bonchev–Trinajstić information content (AvgIpc) is 2.29. The van der Waals surface area contributed by atoms with Gasteiger partial charge >= 0.3 is 5.97 Å². The lowest BCUT2D eigenvalue weighted by atomic mass is 9.97. The van der Waals surface area contributed by atoms with Crippen molar-refractivity contribution in [1.29, 1.82) is 0 Å². The van der Waals surface area contributed by atoms with Gasteiger partial charge in [0.15, 0.2) is 0 Å². The number of nitrogens with one attached hydrogen (secondary N) is 1. The van der Waals surface area contributed by atoms with Crippen LogP contribution in [-0.4, -0.2) is 17.6 Å². The van der Waals surface area contributed by atoms with Crippen molar-refractivity contribution >= 4 is 17.6 Å². The summed E-state index contributed by atoms with van der Waals surface area (Å²) in [7, 11) is 0. The van der Waals surface area contributed by atoms with Crippen molar-refractivity contribution in [2.24, 2.45) is 11.8 Å². The molecule has 2 N–H and O–H groups in total. The normalized spacial score (nSPS) is 12.7. The molecule has 5 heteroatoms. The maximum Gasteiger partial charge on any atom is 0.307 e. The molecule has 1 rings (SSSR count). The van der Waals surface area contributed by atoms with E-state index in [2.05, 4.69) is 5.32 Å². The summed E-state index contributed by atoms with van der Waals surface area (Å²) in [5.41, 5.74) is 0.761. The smallest absolute Gasteiger partial charge is 0.307 e. The Morgan fingerprint density at radius 1 is 1.47 bits per heavy atom. The number of hydrogen-bond acceptors (Lipinski definition) is 2. The molecule has 0 spiro atoms. The van der Waals surface area contributed by atoms with E-state index in [0.29, 0.717) is 30.5 Å². The lowest BCUT2D eigenvalue weighted by molar-refractivity contribution is -0.142. The van der Waals surface area contributed by atoms with Gasteiger partial charge in [0.25, 0.3) is 0 Å². The number of rotatable bonds is 7. The van der Waals surface area contributed by atoms with Crippen molar-refractivity contribution in [3.63, 3.8) is 0 Å². The van der Waals surface area contributed by atoms with Gasteiger partial charge in [0.05, 0.1) is 5.92 Å². The van der Waals surface area contributed by atoms with E-state index in [1.807, 2.05) is 13.8 Å². The van der Waals surface area contributed by atoms with Crippen molar-refractivity contribution in [3.05, 3.63) is 34.6 Å². The molecule has 0 heterocycles. The van der Waals surface area contributed by atoms with Gasteiger partial charge in [-0.1, -0.05) is 31.5 Å². The summed E-state index contributed by atoms with van der Waals surface area (Å²) in [5, 5.41) is 12.5. The van der Waals surface area contributed by atoms with Crippen molar-refractivity contribution in [1.82, 2.24) is 5.32 Å². The molecule has 1 atom stereocenters. The van der Waals surface area contributed by atoms with Gasteiger partial charge in [-0.25, -0.2) is 4.39 Å². The summed E-state index contributed by atoms with van der Waals surface area (Å²) < 4.78 is 12.9. The monoisotopic (exact) mass is 287 g/mol. The molecular weight excluding hydrogens is 269 g/mol. The first kappa shape index (κ1) is 15.9. The molecule has 1 aromatic carbocycles. The van der Waals surface area contributed by atoms with E-state index in [4.69, 9.17) is 16.7 Å². The number of carboxylic acid groups (broad SMARTS) is 1. The third-order valence-electron chi connectivity index (χ3n) is 2.83. The van der Waals surface area contributed by atoms with Gasteiger partial charge in [0.2, 0.25) is 0 Å². The van der Waals surface area contributed by atoms with Gasteiger partial charge in [-0.3, -0.25) is 4.79 Å². The molecular formula is C14H19ClFNO2. The number of carbonyl (C=O) groups is 1. The zero-order valence-electron chi connectivity index (χ0n) is 11.1. The highest BCUT2D eigenvalue weighted by atomic mass is 35.5. The van der Waals surface area contributed by atoms with Crippen LogP contribution in [0.3, 0.4) is 0 Å². The SMILES string of the molecule is CC(C)CC(CNCc1ccc(F)cc1Cl)C(=O)O. The lowest BCUT2D eigenvalue weighted by Crippen LogP contribution is -2.29. The second-order valence-corrected chi connectivity index (χ2v) is 5.44. The quantitative estimate of drug-likeness (QED) is 0.809. The number of hydrogen-bond donors (Lipinski definition) is 2. The molecule has 0 aliphatic carbocycles. The summed E-state index contributed by atoms with van der Waals surface area (Å²) in [4.78, 5) is 11.1. The maximum absolute atomic E-state index is 12.9. The molecule has 0 fully saturated rings. The van der Waals surface area contributed by atoms with Crippen LogP contribution in [0.2, 0.25) is 5.02 Å². The molecule has 19 heavy (non-hydrogen) atoms. The minimum atomic E-state index is -0.800. The first-order chi connectivity index (χ1) is 8.90. The molecule has 0 aliphatic rings. The predicted octanol–water partition coefficient (Wildman–Crippen LogP) is 3.32. The summed E-state index contributed by atoms with van der Waals surface area (Å²) in [6.45, 7) is 4.79. The summed E-state index contributed by atoms with van der Waals surface area (Å²) >= 11 is 5.90. The van der Waals surface area contributed by atoms with Crippen LogP contribution >= 0.6 is 11.6 Å². The van der Waals surface area contributed by atoms with Crippen molar-refractivity contribution < 1.29 is 14.3 Å². The van der Waals surface area contributed by atoms with Crippen LogP contribution in [0.5, 0.6) is 0 Å². The van der Waals surface area contributed by atoms with Gasteiger partial charge in [-0.05, 0) is 30.0 Å². The highest BCUT2D eigenvalue weighted by Crippen LogP contribution is 2.17. The molecule has 1 aromatic rings. The Kier molecular flexibility index (Phi) is 6.25. The standard InChI is InChI=1S/C14H19ClFNO2/c1-9(2)5-11(14(18)19)8-17-7-10-3-4-12(16)6-13(10)15/h3-4,6,9,11,17H,5,7-8H2,1-2H3,(H,18,19). The first-order valence-corrected chi connectivity index (χ1v) is 6.65. The van der Waals surface area contributed by atoms with E-state index in [9.17, 15) is 9.18 Å². The van der Waals surface area contributed by atoms with Gasteiger partial charge in [-0.2, -0.15) is 0 Å². The zero-order chi connectivity index (χ0) is 14.4. The summed E-state index contributed by atoms with van der Waals surface area (Å²) in [6, 6.07) is 4.19. The first-order valence-electron chi connectivity index (χ1n) is 6.27. The topological polar surface area (TPSA) is 49.3 Å². The predicted molar refractivity (Wildman–Crippen MR) is 73.7 cm³/mol. The minimum absolute atomic E-state index is 0.331. The molecule has 0 bridgehead atoms. The van der Waals surface area contributed by atoms with E-state index in [1.165, 1.54) is 12.1 Å². The second-order valence-electron chi connectivity index (χ2n) is 5.03. The van der Waals surface area contributed by atoms with Crippen LogP contribution in [0, 0.1) is 17.7 Å². The lowest BCUT2D eigenvalue weighted by Gasteiger charge is -2.15. The highest BCUT2D eigenvalue weighted by molar-refractivity contribution is 6.31. The van der Waals surface area contributed by atoms with E-state index in [1.54, 1.807) is 6.07 Å². The number of halogens is 2.